The van der Waals surface area contributed by atoms with Gasteiger partial charge < -0.3 is 0 Å². The molecule has 3 aromatic rings. The summed E-state index contributed by atoms with van der Waals surface area (Å²) in [5.41, 5.74) is -1.94. The summed E-state index contributed by atoms with van der Waals surface area (Å²) in [6.45, 7) is 0. The van der Waals surface area contributed by atoms with Gasteiger partial charge in [-0.05, 0) is 18.2 Å². The molecule has 0 aliphatic heterocycles. The smallest absolute Gasteiger partial charge is 0.262 e. The zero-order chi connectivity index (χ0) is 16.8. The minimum atomic E-state index is -4.61. The van der Waals surface area contributed by atoms with Crippen LogP contribution in [0.2, 0.25) is 0 Å². The summed E-state index contributed by atoms with van der Waals surface area (Å²) in [7, 11) is 0. The number of benzene rings is 1. The van der Waals surface area contributed by atoms with E-state index in [-0.39, 0.29) is 16.6 Å². The van der Waals surface area contributed by atoms with E-state index in [0.29, 0.717) is 6.20 Å². The minimum absolute atomic E-state index is 0.0425. The van der Waals surface area contributed by atoms with Crippen molar-refractivity contribution in [3.05, 3.63) is 54.0 Å². The molecule has 120 valence electrons. The van der Waals surface area contributed by atoms with Crippen LogP contribution in [0.4, 0.5) is 26.3 Å². The van der Waals surface area contributed by atoms with Crippen LogP contribution in [-0.2, 0) is 12.4 Å². The van der Waals surface area contributed by atoms with Gasteiger partial charge >= 0.3 is 12.4 Å². The van der Waals surface area contributed by atoms with E-state index in [2.05, 4.69) is 10.1 Å². The lowest BCUT2D eigenvalue weighted by Gasteiger charge is -2.10. The molecule has 0 radical (unpaired) electrons. The fourth-order valence-corrected chi connectivity index (χ4v) is 2.20. The van der Waals surface area contributed by atoms with E-state index in [1.54, 1.807) is 0 Å². The van der Waals surface area contributed by atoms with Crippen molar-refractivity contribution < 1.29 is 26.3 Å². The average molecular weight is 331 g/mol. The molecule has 0 bridgehead atoms. The van der Waals surface area contributed by atoms with Gasteiger partial charge in [0.15, 0.2) is 0 Å². The molecule has 23 heavy (non-hydrogen) atoms. The molecule has 3 nitrogen and oxygen atoms in total. The Labute approximate surface area is 125 Å². The third-order valence-corrected chi connectivity index (χ3v) is 3.21. The highest BCUT2D eigenvalue weighted by molar-refractivity contribution is 5.84. The lowest BCUT2D eigenvalue weighted by Crippen LogP contribution is -2.08. The van der Waals surface area contributed by atoms with Gasteiger partial charge in [0.1, 0.15) is 0 Å². The second-order valence-electron chi connectivity index (χ2n) is 4.72. The lowest BCUT2D eigenvalue weighted by molar-refractivity contribution is -0.138. The van der Waals surface area contributed by atoms with Crippen molar-refractivity contribution in [3.8, 4) is 5.69 Å². The molecule has 0 saturated carbocycles. The molecule has 9 heteroatoms. The number of alkyl halides is 6. The van der Waals surface area contributed by atoms with Crippen LogP contribution in [0.5, 0.6) is 0 Å². The van der Waals surface area contributed by atoms with Crippen molar-refractivity contribution in [2.45, 2.75) is 12.4 Å². The van der Waals surface area contributed by atoms with E-state index >= 15 is 0 Å². The van der Waals surface area contributed by atoms with Crippen molar-refractivity contribution in [2.24, 2.45) is 0 Å². The average Bonchev–Trinajstić information content (AvgIpc) is 2.89. The van der Waals surface area contributed by atoms with E-state index < -0.39 is 23.5 Å². The van der Waals surface area contributed by atoms with Crippen molar-refractivity contribution in [2.75, 3.05) is 0 Å². The molecule has 0 N–H and O–H groups in total. The molecule has 0 amide bonds. The van der Waals surface area contributed by atoms with Gasteiger partial charge in [-0.2, -0.15) is 31.4 Å². The summed E-state index contributed by atoms with van der Waals surface area (Å²) in [4.78, 5) is 3.48. The Kier molecular flexibility index (Phi) is 3.31. The Hall–Kier alpha value is -2.58. The standard InChI is InChI=1S/C14H7F6N3/c15-13(16,17)8-4-9(6-21-5-8)23-12-3-1-2-11(14(18,19)20)10(12)7-22-23/h1-7H. The van der Waals surface area contributed by atoms with Gasteiger partial charge in [-0.25, -0.2) is 4.68 Å². The molecule has 0 saturated heterocycles. The maximum absolute atomic E-state index is 13.0. The second-order valence-corrected chi connectivity index (χ2v) is 4.72. The monoisotopic (exact) mass is 331 g/mol. The van der Waals surface area contributed by atoms with Crippen LogP contribution in [0.15, 0.2) is 42.9 Å². The van der Waals surface area contributed by atoms with Gasteiger partial charge in [0, 0.05) is 11.6 Å². The van der Waals surface area contributed by atoms with Gasteiger partial charge in [-0.1, -0.05) is 6.07 Å². The van der Waals surface area contributed by atoms with Crippen LogP contribution in [0.3, 0.4) is 0 Å². The highest BCUT2D eigenvalue weighted by Gasteiger charge is 2.34. The maximum Gasteiger partial charge on any atom is 0.417 e. The Balaban J connectivity index is 2.19. The van der Waals surface area contributed by atoms with E-state index in [1.807, 2.05) is 0 Å². The highest BCUT2D eigenvalue weighted by Crippen LogP contribution is 2.35. The summed E-state index contributed by atoms with van der Waals surface area (Å²) in [6, 6.07) is 4.18. The van der Waals surface area contributed by atoms with Crippen LogP contribution < -0.4 is 0 Å². The maximum atomic E-state index is 13.0. The van der Waals surface area contributed by atoms with Crippen molar-refractivity contribution in [1.82, 2.24) is 14.8 Å². The van der Waals surface area contributed by atoms with Gasteiger partial charge in [-0.15, -0.1) is 0 Å². The number of halogens is 6. The van der Waals surface area contributed by atoms with Gasteiger partial charge in [0.05, 0.1) is 34.7 Å². The van der Waals surface area contributed by atoms with Crippen molar-refractivity contribution in [1.29, 1.82) is 0 Å². The number of pyridine rings is 1. The molecule has 0 atom stereocenters. The molecule has 2 aromatic heterocycles. The zero-order valence-corrected chi connectivity index (χ0v) is 11.2. The minimum Gasteiger partial charge on any atom is -0.262 e. The van der Waals surface area contributed by atoms with Crippen LogP contribution in [-0.4, -0.2) is 14.8 Å². The van der Waals surface area contributed by atoms with E-state index in [0.717, 1.165) is 29.2 Å². The topological polar surface area (TPSA) is 30.7 Å². The summed E-state index contributed by atoms with van der Waals surface area (Å²) in [6.07, 6.45) is -6.49. The van der Waals surface area contributed by atoms with Crippen LogP contribution in [0, 0.1) is 0 Å². The zero-order valence-electron chi connectivity index (χ0n) is 11.2. The molecule has 0 aliphatic rings. The summed E-state index contributed by atoms with van der Waals surface area (Å²) >= 11 is 0. The first-order chi connectivity index (χ1) is 10.7. The molecular weight excluding hydrogens is 324 g/mol. The molecule has 0 fully saturated rings. The fraction of sp³-hybridized carbons (Fsp3) is 0.143. The molecule has 1 aromatic carbocycles. The van der Waals surface area contributed by atoms with Crippen LogP contribution >= 0.6 is 0 Å². The summed E-state index contributed by atoms with van der Waals surface area (Å²) in [5.74, 6) is 0. The molecular formula is C14H7F6N3. The molecule has 0 unspecified atom stereocenters. The number of nitrogens with zero attached hydrogens (tertiary/aromatic N) is 3. The third kappa shape index (κ3) is 2.73. The van der Waals surface area contributed by atoms with Gasteiger partial charge in [-0.3, -0.25) is 4.98 Å². The Bertz CT molecular complexity index is 863. The van der Waals surface area contributed by atoms with Gasteiger partial charge in [0.2, 0.25) is 0 Å². The lowest BCUT2D eigenvalue weighted by atomic mass is 10.1. The Morgan fingerprint density at radius 1 is 0.870 bits per heavy atom. The molecule has 2 heterocycles. The van der Waals surface area contributed by atoms with E-state index in [4.69, 9.17) is 0 Å². The van der Waals surface area contributed by atoms with Crippen molar-refractivity contribution >= 4 is 10.9 Å². The Morgan fingerprint density at radius 3 is 2.26 bits per heavy atom. The fourth-order valence-electron chi connectivity index (χ4n) is 2.20. The normalized spacial score (nSPS) is 12.8. The summed E-state index contributed by atoms with van der Waals surface area (Å²) in [5, 5.41) is 3.58. The number of aromatic nitrogens is 3. The van der Waals surface area contributed by atoms with E-state index in [1.165, 1.54) is 12.1 Å². The quantitative estimate of drug-likeness (QED) is 0.617. The van der Waals surface area contributed by atoms with Crippen LogP contribution in [0.1, 0.15) is 11.1 Å². The van der Waals surface area contributed by atoms with Crippen LogP contribution in [0.25, 0.3) is 16.6 Å². The largest absolute Gasteiger partial charge is 0.417 e. The first-order valence-electron chi connectivity index (χ1n) is 6.24. The number of hydrogen-bond acceptors (Lipinski definition) is 2. The molecule has 3 rings (SSSR count). The number of hydrogen-bond donors (Lipinski definition) is 0. The number of fused-ring (bicyclic) bond motifs is 1. The third-order valence-electron chi connectivity index (χ3n) is 3.21. The van der Waals surface area contributed by atoms with Crippen molar-refractivity contribution in [3.63, 3.8) is 0 Å². The SMILES string of the molecule is FC(F)(F)c1cncc(-n2ncc3c(C(F)(F)F)cccc32)c1. The molecule has 0 spiro atoms. The predicted molar refractivity (Wildman–Crippen MR) is 68.9 cm³/mol. The second kappa shape index (κ2) is 4.97. The summed E-state index contributed by atoms with van der Waals surface area (Å²) < 4.78 is 78.0. The first-order valence-corrected chi connectivity index (χ1v) is 6.24. The molecule has 0 aliphatic carbocycles. The number of rotatable bonds is 1. The first kappa shape index (κ1) is 15.3. The van der Waals surface area contributed by atoms with E-state index in [9.17, 15) is 26.3 Å². The Morgan fingerprint density at radius 2 is 1.61 bits per heavy atom. The predicted octanol–water partition coefficient (Wildman–Crippen LogP) is 4.46. The highest BCUT2D eigenvalue weighted by atomic mass is 19.4. The van der Waals surface area contributed by atoms with Gasteiger partial charge in [0.25, 0.3) is 0 Å².